The molecule has 3 aromatic carbocycles. The number of ether oxygens (including phenoxy) is 2. The molecule has 5 heteroatoms. The molecule has 0 radical (unpaired) electrons. The number of hydrogen-bond acceptors (Lipinski definition) is 4. The summed E-state index contributed by atoms with van der Waals surface area (Å²) in [5, 5.41) is 0. The molecule has 1 aliphatic rings. The number of allylic oxidation sites excluding steroid dienone is 3. The van der Waals surface area contributed by atoms with Gasteiger partial charge in [-0.3, -0.25) is 9.59 Å². The van der Waals surface area contributed by atoms with E-state index in [2.05, 4.69) is 15.9 Å². The molecule has 0 atom stereocenters. The predicted molar refractivity (Wildman–Crippen MR) is 124 cm³/mol. The van der Waals surface area contributed by atoms with Gasteiger partial charge in [0.2, 0.25) is 5.78 Å². The fraction of sp³-hybridized carbons (Fsp3) is 0.0769. The summed E-state index contributed by atoms with van der Waals surface area (Å²) in [6, 6.07) is 20.3. The maximum absolute atomic E-state index is 12.7. The van der Waals surface area contributed by atoms with Gasteiger partial charge in [-0.1, -0.05) is 70.5 Å². The van der Waals surface area contributed by atoms with E-state index in [9.17, 15) is 9.59 Å². The first kappa shape index (κ1) is 20.8. The zero-order valence-electron chi connectivity index (χ0n) is 16.8. The number of ketones is 2. The monoisotopic (exact) mass is 474 g/mol. The van der Waals surface area contributed by atoms with Crippen molar-refractivity contribution in [2.45, 2.75) is 6.92 Å². The van der Waals surface area contributed by atoms with E-state index >= 15 is 0 Å². The minimum atomic E-state index is -0.173. The number of carbonyl (C=O) groups excluding carboxylic acids is 2. The molecule has 4 nitrogen and oxygen atoms in total. The van der Waals surface area contributed by atoms with Crippen LogP contribution in [0.1, 0.15) is 31.8 Å². The fourth-order valence-electron chi connectivity index (χ4n) is 3.21. The Morgan fingerprint density at radius 2 is 1.77 bits per heavy atom. The van der Waals surface area contributed by atoms with Crippen LogP contribution >= 0.6 is 15.9 Å². The Morgan fingerprint density at radius 3 is 2.52 bits per heavy atom. The van der Waals surface area contributed by atoms with E-state index in [4.69, 9.17) is 9.47 Å². The highest BCUT2D eigenvalue weighted by Gasteiger charge is 2.29. The molecule has 154 valence electrons. The molecule has 0 amide bonds. The smallest absolute Gasteiger partial charge is 0.231 e. The molecule has 0 bridgehead atoms. The van der Waals surface area contributed by atoms with Gasteiger partial charge in [0, 0.05) is 15.6 Å². The van der Waals surface area contributed by atoms with E-state index in [1.54, 1.807) is 36.4 Å². The van der Waals surface area contributed by atoms with Gasteiger partial charge in [0.05, 0.1) is 5.56 Å². The first-order valence-corrected chi connectivity index (χ1v) is 10.5. The van der Waals surface area contributed by atoms with Crippen molar-refractivity contribution in [1.82, 2.24) is 0 Å². The van der Waals surface area contributed by atoms with Gasteiger partial charge in [-0.2, -0.15) is 0 Å². The first-order valence-electron chi connectivity index (χ1n) is 9.74. The highest BCUT2D eigenvalue weighted by Crippen LogP contribution is 2.38. The molecule has 1 heterocycles. The largest absolute Gasteiger partial charge is 0.485 e. The Morgan fingerprint density at radius 1 is 1.03 bits per heavy atom. The molecule has 31 heavy (non-hydrogen) atoms. The molecule has 0 aliphatic carbocycles. The van der Waals surface area contributed by atoms with Gasteiger partial charge in [0.25, 0.3) is 0 Å². The zero-order valence-corrected chi connectivity index (χ0v) is 18.4. The first-order chi connectivity index (χ1) is 15.0. The van der Waals surface area contributed by atoms with Crippen molar-refractivity contribution in [3.8, 4) is 11.5 Å². The van der Waals surface area contributed by atoms with Gasteiger partial charge in [0.15, 0.2) is 18.1 Å². The molecular weight excluding hydrogens is 456 g/mol. The quantitative estimate of drug-likeness (QED) is 0.315. The Hall–Kier alpha value is -3.44. The highest BCUT2D eigenvalue weighted by atomic mass is 79.9. The van der Waals surface area contributed by atoms with Crippen LogP contribution in [0.3, 0.4) is 0 Å². The van der Waals surface area contributed by atoms with Crippen molar-refractivity contribution in [3.63, 3.8) is 0 Å². The molecular formula is C26H19BrO4. The number of benzene rings is 3. The lowest BCUT2D eigenvalue weighted by Crippen LogP contribution is -2.12. The Kier molecular flexibility index (Phi) is 6.14. The average Bonchev–Trinajstić information content (AvgIpc) is 3.11. The van der Waals surface area contributed by atoms with Crippen LogP contribution in [0.15, 0.2) is 89.1 Å². The summed E-state index contributed by atoms with van der Waals surface area (Å²) in [7, 11) is 0. The number of carbonyl (C=O) groups is 2. The summed E-state index contributed by atoms with van der Waals surface area (Å²) < 4.78 is 12.5. The third-order valence-electron chi connectivity index (χ3n) is 4.90. The van der Waals surface area contributed by atoms with E-state index in [0.717, 1.165) is 10.0 Å². The van der Waals surface area contributed by atoms with Gasteiger partial charge in [-0.25, -0.2) is 0 Å². The summed E-state index contributed by atoms with van der Waals surface area (Å²) in [6.07, 6.45) is 5.35. The second-order valence-corrected chi connectivity index (χ2v) is 7.93. The second kappa shape index (κ2) is 9.14. The summed E-state index contributed by atoms with van der Waals surface area (Å²) in [4.78, 5) is 25.0. The van der Waals surface area contributed by atoms with Crippen LogP contribution in [-0.4, -0.2) is 18.2 Å². The van der Waals surface area contributed by atoms with Gasteiger partial charge in [-0.15, -0.1) is 0 Å². The summed E-state index contributed by atoms with van der Waals surface area (Å²) in [6.45, 7) is 1.71. The molecule has 0 spiro atoms. The van der Waals surface area contributed by atoms with Crippen molar-refractivity contribution in [2.24, 2.45) is 0 Å². The number of fused-ring (bicyclic) bond motifs is 1. The molecule has 0 unspecified atom stereocenters. The average molecular weight is 475 g/mol. The van der Waals surface area contributed by atoms with E-state index in [0.29, 0.717) is 28.2 Å². The Labute approximate surface area is 188 Å². The van der Waals surface area contributed by atoms with Crippen molar-refractivity contribution >= 4 is 33.6 Å². The van der Waals surface area contributed by atoms with Gasteiger partial charge in [-0.05, 0) is 42.8 Å². The predicted octanol–water partition coefficient (Wildman–Crippen LogP) is 6.19. The maximum Gasteiger partial charge on any atom is 0.231 e. The maximum atomic E-state index is 12.7. The second-order valence-electron chi connectivity index (χ2n) is 7.02. The molecule has 0 N–H and O–H groups in total. The molecule has 0 saturated heterocycles. The van der Waals surface area contributed by atoms with Crippen LogP contribution in [-0.2, 0) is 0 Å². The SMILES string of the molecule is Cc1c(OCC(=O)c2ccc(Br)cc2)ccc2c1O/C(=C\C=C\c1ccccc1)C2=O. The number of halogens is 1. The van der Waals surface area contributed by atoms with Crippen LogP contribution in [0.5, 0.6) is 11.5 Å². The third kappa shape index (κ3) is 4.67. The fourth-order valence-corrected chi connectivity index (χ4v) is 3.48. The molecule has 1 aliphatic heterocycles. The van der Waals surface area contributed by atoms with Crippen LogP contribution < -0.4 is 9.47 Å². The molecule has 0 fully saturated rings. The minimum Gasteiger partial charge on any atom is -0.485 e. The summed E-state index contributed by atoms with van der Waals surface area (Å²) >= 11 is 3.35. The van der Waals surface area contributed by atoms with E-state index < -0.39 is 0 Å². The molecule has 0 aromatic heterocycles. The van der Waals surface area contributed by atoms with Gasteiger partial charge in [0.1, 0.15) is 11.5 Å². The Balaban J connectivity index is 1.47. The van der Waals surface area contributed by atoms with Crippen molar-refractivity contribution < 1.29 is 19.1 Å². The summed E-state index contributed by atoms with van der Waals surface area (Å²) in [5.41, 5.74) is 2.78. The number of Topliss-reactive ketones (excluding diaryl/α,β-unsaturated/α-hetero) is 2. The lowest BCUT2D eigenvalue weighted by Gasteiger charge is -2.11. The van der Waals surface area contributed by atoms with E-state index in [1.165, 1.54) is 0 Å². The zero-order chi connectivity index (χ0) is 21.8. The topological polar surface area (TPSA) is 52.6 Å². The normalized spacial score (nSPS) is 14.0. The van der Waals surface area contributed by atoms with Crippen LogP contribution in [0.2, 0.25) is 0 Å². The summed E-state index contributed by atoms with van der Waals surface area (Å²) in [5.74, 6) is 0.939. The van der Waals surface area contributed by atoms with Crippen molar-refractivity contribution in [2.75, 3.05) is 6.61 Å². The third-order valence-corrected chi connectivity index (χ3v) is 5.43. The van der Waals surface area contributed by atoms with Crippen molar-refractivity contribution in [3.05, 3.63) is 111 Å². The van der Waals surface area contributed by atoms with Crippen LogP contribution in [0, 0.1) is 6.92 Å². The Bertz CT molecular complexity index is 1190. The minimum absolute atomic E-state index is 0.0995. The lowest BCUT2D eigenvalue weighted by molar-refractivity contribution is 0.0920. The van der Waals surface area contributed by atoms with Gasteiger partial charge < -0.3 is 9.47 Å². The highest BCUT2D eigenvalue weighted by molar-refractivity contribution is 9.10. The molecule has 3 aromatic rings. The number of rotatable bonds is 6. The van der Waals surface area contributed by atoms with Crippen molar-refractivity contribution in [1.29, 1.82) is 0 Å². The van der Waals surface area contributed by atoms with E-state index in [-0.39, 0.29) is 23.9 Å². The molecule has 0 saturated carbocycles. The van der Waals surface area contributed by atoms with E-state index in [1.807, 2.05) is 55.5 Å². The lowest BCUT2D eigenvalue weighted by atomic mass is 10.1. The molecule has 4 rings (SSSR count). The van der Waals surface area contributed by atoms with Crippen LogP contribution in [0.4, 0.5) is 0 Å². The number of hydrogen-bond donors (Lipinski definition) is 0. The standard InChI is InChI=1S/C26H19BrO4/c1-17-23(30-16-22(28)19-10-12-20(27)13-11-19)15-14-21-25(29)24(31-26(17)21)9-5-8-18-6-3-2-4-7-18/h2-15H,16H2,1H3/b8-5+,24-9-. The van der Waals surface area contributed by atoms with Crippen LogP contribution in [0.25, 0.3) is 6.08 Å². The van der Waals surface area contributed by atoms with Gasteiger partial charge >= 0.3 is 0 Å².